The Hall–Kier alpha value is -1.06. The molecule has 1 unspecified atom stereocenters. The van der Waals surface area contributed by atoms with Crippen molar-refractivity contribution in [3.63, 3.8) is 0 Å². The number of aryl methyl sites for hydroxylation is 1. The zero-order valence-electron chi connectivity index (χ0n) is 13.5. The predicted octanol–water partition coefficient (Wildman–Crippen LogP) is 3.47. The van der Waals surface area contributed by atoms with E-state index >= 15 is 0 Å². The van der Waals surface area contributed by atoms with E-state index < -0.39 is 0 Å². The van der Waals surface area contributed by atoms with Crippen LogP contribution in [-0.4, -0.2) is 25.4 Å². The van der Waals surface area contributed by atoms with Crippen molar-refractivity contribution in [2.75, 3.05) is 13.7 Å². The molecule has 0 aliphatic carbocycles. The Bertz CT molecular complexity index is 415. The molecule has 0 saturated carbocycles. The van der Waals surface area contributed by atoms with E-state index in [1.807, 2.05) is 0 Å². The van der Waals surface area contributed by atoms with Gasteiger partial charge in [0.05, 0.1) is 12.2 Å². The molecule has 0 radical (unpaired) electrons. The number of methoxy groups -OCH3 is 1. The molecule has 0 heterocycles. The van der Waals surface area contributed by atoms with Gasteiger partial charge < -0.3 is 15.2 Å². The van der Waals surface area contributed by atoms with E-state index in [2.05, 4.69) is 45.9 Å². The first-order valence-electron chi connectivity index (χ1n) is 7.41. The minimum atomic E-state index is -0.150. The van der Waals surface area contributed by atoms with Crippen LogP contribution in [0.1, 0.15) is 44.7 Å². The minimum Gasteiger partial charge on any atom is -0.493 e. The van der Waals surface area contributed by atoms with E-state index in [9.17, 15) is 0 Å². The monoisotopic (exact) mass is 279 g/mol. The zero-order chi connectivity index (χ0) is 15.2. The molecule has 0 aliphatic heterocycles. The number of ether oxygens (including phenoxy) is 2. The van der Waals surface area contributed by atoms with Crippen LogP contribution in [0, 0.1) is 6.92 Å². The van der Waals surface area contributed by atoms with Crippen LogP contribution in [-0.2, 0) is 11.2 Å². The van der Waals surface area contributed by atoms with Gasteiger partial charge in [-0.2, -0.15) is 0 Å². The number of nitrogens with two attached hydrogens (primary N) is 1. The highest BCUT2D eigenvalue weighted by Gasteiger charge is 2.17. The van der Waals surface area contributed by atoms with Gasteiger partial charge in [-0.25, -0.2) is 0 Å². The minimum absolute atomic E-state index is 0.150. The van der Waals surface area contributed by atoms with Gasteiger partial charge in [0.25, 0.3) is 0 Å². The zero-order valence-corrected chi connectivity index (χ0v) is 13.5. The van der Waals surface area contributed by atoms with Gasteiger partial charge in [-0.05, 0) is 44.7 Å². The third-order valence-corrected chi connectivity index (χ3v) is 3.80. The van der Waals surface area contributed by atoms with E-state index in [1.54, 1.807) is 7.11 Å². The van der Waals surface area contributed by atoms with Crippen molar-refractivity contribution in [2.24, 2.45) is 5.73 Å². The van der Waals surface area contributed by atoms with Crippen molar-refractivity contribution in [3.05, 3.63) is 29.3 Å². The SMILES string of the molecule is CCC(N)Cc1cccc(C)c1OCCC(C)(C)OC. The first-order chi connectivity index (χ1) is 9.39. The summed E-state index contributed by atoms with van der Waals surface area (Å²) in [7, 11) is 1.74. The highest BCUT2D eigenvalue weighted by atomic mass is 16.5. The summed E-state index contributed by atoms with van der Waals surface area (Å²) >= 11 is 0. The van der Waals surface area contributed by atoms with Crippen LogP contribution in [0.15, 0.2) is 18.2 Å². The molecule has 114 valence electrons. The van der Waals surface area contributed by atoms with Crippen molar-refractivity contribution in [3.8, 4) is 5.75 Å². The summed E-state index contributed by atoms with van der Waals surface area (Å²) in [4.78, 5) is 0. The molecule has 0 saturated heterocycles. The average Bonchev–Trinajstić information content (AvgIpc) is 2.41. The number of benzene rings is 1. The average molecular weight is 279 g/mol. The van der Waals surface area contributed by atoms with Gasteiger partial charge in [0.1, 0.15) is 5.75 Å². The second-order valence-electron chi connectivity index (χ2n) is 6.00. The van der Waals surface area contributed by atoms with Crippen LogP contribution in [0.3, 0.4) is 0 Å². The van der Waals surface area contributed by atoms with E-state index in [4.69, 9.17) is 15.2 Å². The molecule has 0 fully saturated rings. The molecule has 0 spiro atoms. The molecule has 2 N–H and O–H groups in total. The highest BCUT2D eigenvalue weighted by Crippen LogP contribution is 2.26. The van der Waals surface area contributed by atoms with Crippen molar-refractivity contribution in [1.82, 2.24) is 0 Å². The normalized spacial score (nSPS) is 13.3. The van der Waals surface area contributed by atoms with Crippen LogP contribution >= 0.6 is 0 Å². The van der Waals surface area contributed by atoms with Crippen LogP contribution in [0.5, 0.6) is 5.75 Å². The number of para-hydroxylation sites is 1. The third kappa shape index (κ3) is 5.14. The lowest BCUT2D eigenvalue weighted by atomic mass is 10.0. The second kappa shape index (κ2) is 7.65. The standard InChI is InChI=1S/C17H29NO2/c1-6-15(18)12-14-9-7-8-13(2)16(14)20-11-10-17(3,4)19-5/h7-9,15H,6,10-12,18H2,1-5H3. The van der Waals surface area contributed by atoms with E-state index in [0.29, 0.717) is 6.61 Å². The van der Waals surface area contributed by atoms with Crippen LogP contribution < -0.4 is 10.5 Å². The van der Waals surface area contributed by atoms with Gasteiger partial charge in [-0.3, -0.25) is 0 Å². The summed E-state index contributed by atoms with van der Waals surface area (Å²) in [6.45, 7) is 8.99. The molecule has 1 rings (SSSR count). The maximum Gasteiger partial charge on any atom is 0.125 e. The number of rotatable bonds is 8. The first-order valence-corrected chi connectivity index (χ1v) is 7.41. The maximum atomic E-state index is 6.07. The fraction of sp³-hybridized carbons (Fsp3) is 0.647. The molecule has 3 nitrogen and oxygen atoms in total. The number of hydrogen-bond donors (Lipinski definition) is 1. The van der Waals surface area contributed by atoms with E-state index in [-0.39, 0.29) is 11.6 Å². The summed E-state index contributed by atoms with van der Waals surface area (Å²) < 4.78 is 11.4. The molecular weight excluding hydrogens is 250 g/mol. The van der Waals surface area contributed by atoms with Gasteiger partial charge >= 0.3 is 0 Å². The van der Waals surface area contributed by atoms with Crippen molar-refractivity contribution >= 4 is 0 Å². The quantitative estimate of drug-likeness (QED) is 0.792. The second-order valence-corrected chi connectivity index (χ2v) is 6.00. The van der Waals surface area contributed by atoms with Crippen LogP contribution in [0.2, 0.25) is 0 Å². The molecule has 0 aliphatic rings. The fourth-order valence-corrected chi connectivity index (χ4v) is 2.01. The lowest BCUT2D eigenvalue weighted by molar-refractivity contribution is 0.00531. The Kier molecular flexibility index (Phi) is 6.50. The number of hydrogen-bond acceptors (Lipinski definition) is 3. The van der Waals surface area contributed by atoms with E-state index in [0.717, 1.165) is 25.0 Å². The topological polar surface area (TPSA) is 44.5 Å². The molecule has 0 amide bonds. The molecule has 1 aromatic rings. The molecule has 0 bridgehead atoms. The lowest BCUT2D eigenvalue weighted by Gasteiger charge is -2.24. The molecule has 20 heavy (non-hydrogen) atoms. The first kappa shape index (κ1) is 17.0. The molecule has 3 heteroatoms. The van der Waals surface area contributed by atoms with Gasteiger partial charge in [-0.1, -0.05) is 25.1 Å². The lowest BCUT2D eigenvalue weighted by Crippen LogP contribution is -2.25. The van der Waals surface area contributed by atoms with Crippen molar-refractivity contribution < 1.29 is 9.47 Å². The summed E-state index contributed by atoms with van der Waals surface area (Å²) in [5.41, 5.74) is 8.29. The Labute approximate surface area is 123 Å². The van der Waals surface area contributed by atoms with Gasteiger partial charge in [0.2, 0.25) is 0 Å². The summed E-state index contributed by atoms with van der Waals surface area (Å²) in [5.74, 6) is 0.989. The van der Waals surface area contributed by atoms with Gasteiger partial charge in [0, 0.05) is 19.6 Å². The molecule has 0 aromatic heterocycles. The largest absolute Gasteiger partial charge is 0.493 e. The predicted molar refractivity (Wildman–Crippen MR) is 84.3 cm³/mol. The smallest absolute Gasteiger partial charge is 0.125 e. The Balaban J connectivity index is 2.73. The van der Waals surface area contributed by atoms with Crippen LogP contribution in [0.25, 0.3) is 0 Å². The Morgan fingerprint density at radius 1 is 1.30 bits per heavy atom. The molecule has 1 aromatic carbocycles. The van der Waals surface area contributed by atoms with Crippen molar-refractivity contribution in [1.29, 1.82) is 0 Å². The third-order valence-electron chi connectivity index (χ3n) is 3.80. The Morgan fingerprint density at radius 3 is 2.60 bits per heavy atom. The van der Waals surface area contributed by atoms with E-state index in [1.165, 1.54) is 11.1 Å². The van der Waals surface area contributed by atoms with Crippen molar-refractivity contribution in [2.45, 2.75) is 58.6 Å². The summed E-state index contributed by atoms with van der Waals surface area (Å²) in [5, 5.41) is 0. The van der Waals surface area contributed by atoms with Gasteiger partial charge in [0.15, 0.2) is 0 Å². The highest BCUT2D eigenvalue weighted by molar-refractivity contribution is 5.41. The Morgan fingerprint density at radius 2 is 2.00 bits per heavy atom. The van der Waals surface area contributed by atoms with Crippen LogP contribution in [0.4, 0.5) is 0 Å². The maximum absolute atomic E-state index is 6.07. The van der Waals surface area contributed by atoms with Gasteiger partial charge in [-0.15, -0.1) is 0 Å². The summed E-state index contributed by atoms with van der Waals surface area (Å²) in [6, 6.07) is 6.45. The fourth-order valence-electron chi connectivity index (χ4n) is 2.01. The molecule has 1 atom stereocenters. The summed E-state index contributed by atoms with van der Waals surface area (Å²) in [6.07, 6.45) is 2.70. The molecular formula is C17H29NO2.